The Balaban J connectivity index is 1.62. The topological polar surface area (TPSA) is 49.4 Å². The molecule has 0 unspecified atom stereocenters. The number of nitrogens with zero attached hydrogens (tertiary/aromatic N) is 1. The molecule has 1 saturated heterocycles. The van der Waals surface area contributed by atoms with E-state index in [1.165, 1.54) is 16.9 Å². The third-order valence-corrected chi connectivity index (χ3v) is 6.36. The minimum absolute atomic E-state index is 0.0712. The van der Waals surface area contributed by atoms with Crippen molar-refractivity contribution in [2.24, 2.45) is 5.92 Å². The van der Waals surface area contributed by atoms with E-state index in [1.54, 1.807) is 11.3 Å². The quantitative estimate of drug-likeness (QED) is 0.829. The van der Waals surface area contributed by atoms with Gasteiger partial charge in [0.2, 0.25) is 5.91 Å². The summed E-state index contributed by atoms with van der Waals surface area (Å²) in [5.41, 5.74) is 1.22. The Hall–Kier alpha value is -1.36. The third-order valence-electron chi connectivity index (χ3n) is 5.14. The highest BCUT2D eigenvalue weighted by Crippen LogP contribution is 2.33. The molecular formula is C19H28N2O2S. The number of aryl methyl sites for hydroxylation is 1. The van der Waals surface area contributed by atoms with Crippen molar-refractivity contribution in [1.29, 1.82) is 0 Å². The summed E-state index contributed by atoms with van der Waals surface area (Å²) in [7, 11) is 0. The van der Waals surface area contributed by atoms with E-state index in [9.17, 15) is 9.59 Å². The molecule has 1 aliphatic carbocycles. The molecule has 1 aromatic heterocycles. The molecule has 0 aromatic carbocycles. The first-order valence-electron chi connectivity index (χ1n) is 9.37. The molecule has 2 amide bonds. The van der Waals surface area contributed by atoms with Gasteiger partial charge in [0.15, 0.2) is 0 Å². The summed E-state index contributed by atoms with van der Waals surface area (Å²) in [5.74, 6) is 0.448. The fourth-order valence-corrected chi connectivity index (χ4v) is 4.81. The van der Waals surface area contributed by atoms with E-state index in [0.717, 1.165) is 69.5 Å². The molecule has 0 saturated carbocycles. The van der Waals surface area contributed by atoms with Crippen LogP contribution in [0.5, 0.6) is 0 Å². The molecular weight excluding hydrogens is 320 g/mol. The van der Waals surface area contributed by atoms with Crippen LogP contribution < -0.4 is 5.32 Å². The second-order valence-electron chi connectivity index (χ2n) is 7.00. The molecule has 0 bridgehead atoms. The highest BCUT2D eigenvalue weighted by molar-refractivity contribution is 7.14. The van der Waals surface area contributed by atoms with Gasteiger partial charge in [-0.2, -0.15) is 0 Å². The van der Waals surface area contributed by atoms with Crippen molar-refractivity contribution in [2.45, 2.75) is 58.3 Å². The lowest BCUT2D eigenvalue weighted by Crippen LogP contribution is -2.35. The molecule has 3 rings (SSSR count). The second-order valence-corrected chi connectivity index (χ2v) is 8.13. The molecule has 0 radical (unpaired) electrons. The van der Waals surface area contributed by atoms with Crippen LogP contribution in [0, 0.1) is 5.92 Å². The first-order valence-corrected chi connectivity index (χ1v) is 10.2. The molecule has 0 spiro atoms. The predicted octanol–water partition coefficient (Wildman–Crippen LogP) is 3.40. The zero-order valence-corrected chi connectivity index (χ0v) is 15.4. The molecule has 2 heterocycles. The number of thiophene rings is 1. The van der Waals surface area contributed by atoms with Crippen LogP contribution in [-0.2, 0) is 17.6 Å². The fraction of sp³-hybridized carbons (Fsp3) is 0.684. The van der Waals surface area contributed by atoms with Crippen LogP contribution >= 0.6 is 11.3 Å². The maximum atomic E-state index is 12.7. The standard InChI is InChI=1S/C19H28N2O2S/c1-2-3-9-20-18(22)14-7-8-16-15(12-14)13-17(24-16)19(23)21-10-5-4-6-11-21/h13-14H,2-12H2,1H3,(H,20,22)/t14-/m0/s1. The Labute approximate surface area is 148 Å². The van der Waals surface area contributed by atoms with Crippen molar-refractivity contribution in [2.75, 3.05) is 19.6 Å². The SMILES string of the molecule is CCCCNC(=O)[C@H]1CCc2sc(C(=O)N3CCCCC3)cc2C1. The number of hydrogen-bond acceptors (Lipinski definition) is 3. The molecule has 1 N–H and O–H groups in total. The summed E-state index contributed by atoms with van der Waals surface area (Å²) in [6.45, 7) is 4.69. The summed E-state index contributed by atoms with van der Waals surface area (Å²) < 4.78 is 0. The zero-order valence-electron chi connectivity index (χ0n) is 14.6. The van der Waals surface area contributed by atoms with E-state index in [0.29, 0.717) is 0 Å². The van der Waals surface area contributed by atoms with Gasteiger partial charge < -0.3 is 10.2 Å². The molecule has 1 aromatic rings. The highest BCUT2D eigenvalue weighted by atomic mass is 32.1. The number of carbonyl (C=O) groups excluding carboxylic acids is 2. The van der Waals surface area contributed by atoms with E-state index in [2.05, 4.69) is 18.3 Å². The first-order chi connectivity index (χ1) is 11.7. The number of fused-ring (bicyclic) bond motifs is 1. The predicted molar refractivity (Wildman–Crippen MR) is 97.5 cm³/mol. The Morgan fingerprint density at radius 1 is 1.29 bits per heavy atom. The molecule has 132 valence electrons. The third kappa shape index (κ3) is 4.00. The van der Waals surface area contributed by atoms with Gasteiger partial charge in [0.25, 0.3) is 5.91 Å². The van der Waals surface area contributed by atoms with Crippen molar-refractivity contribution in [3.63, 3.8) is 0 Å². The van der Waals surface area contributed by atoms with Gasteiger partial charge >= 0.3 is 0 Å². The molecule has 1 aliphatic heterocycles. The largest absolute Gasteiger partial charge is 0.356 e. The van der Waals surface area contributed by atoms with Gasteiger partial charge in [-0.1, -0.05) is 13.3 Å². The zero-order chi connectivity index (χ0) is 16.9. The van der Waals surface area contributed by atoms with Crippen LogP contribution in [0.3, 0.4) is 0 Å². The van der Waals surface area contributed by atoms with E-state index in [4.69, 9.17) is 0 Å². The van der Waals surface area contributed by atoms with Crippen LogP contribution in [0.15, 0.2) is 6.07 Å². The van der Waals surface area contributed by atoms with Crippen molar-refractivity contribution >= 4 is 23.2 Å². The van der Waals surface area contributed by atoms with Crippen LogP contribution in [0.2, 0.25) is 0 Å². The van der Waals surface area contributed by atoms with Crippen molar-refractivity contribution in [3.05, 3.63) is 21.4 Å². The van der Waals surface area contributed by atoms with Crippen molar-refractivity contribution < 1.29 is 9.59 Å². The summed E-state index contributed by atoms with van der Waals surface area (Å²) in [4.78, 5) is 29.1. The smallest absolute Gasteiger partial charge is 0.263 e. The lowest BCUT2D eigenvalue weighted by molar-refractivity contribution is -0.125. The van der Waals surface area contributed by atoms with Crippen LogP contribution in [-0.4, -0.2) is 36.3 Å². The van der Waals surface area contributed by atoms with Gasteiger partial charge in [-0.25, -0.2) is 0 Å². The number of likely N-dealkylation sites (tertiary alicyclic amines) is 1. The molecule has 1 atom stereocenters. The monoisotopic (exact) mass is 348 g/mol. The Kier molecular flexibility index (Phi) is 5.93. The fourth-order valence-electron chi connectivity index (χ4n) is 3.64. The number of amides is 2. The maximum Gasteiger partial charge on any atom is 0.263 e. The van der Waals surface area contributed by atoms with Crippen molar-refractivity contribution in [1.82, 2.24) is 10.2 Å². The van der Waals surface area contributed by atoms with Gasteiger partial charge in [0.1, 0.15) is 0 Å². The van der Waals surface area contributed by atoms with Crippen LogP contribution in [0.25, 0.3) is 0 Å². The average Bonchev–Trinajstić information content (AvgIpc) is 3.05. The van der Waals surface area contributed by atoms with Gasteiger partial charge in [-0.15, -0.1) is 11.3 Å². The second kappa shape index (κ2) is 8.15. The molecule has 1 fully saturated rings. The Morgan fingerprint density at radius 3 is 2.83 bits per heavy atom. The molecule has 2 aliphatic rings. The Morgan fingerprint density at radius 2 is 2.08 bits per heavy atom. The first kappa shape index (κ1) is 17.5. The molecule has 4 nitrogen and oxygen atoms in total. The van der Waals surface area contributed by atoms with Gasteiger partial charge in [0.05, 0.1) is 4.88 Å². The lowest BCUT2D eigenvalue weighted by atomic mass is 9.87. The number of rotatable bonds is 5. The van der Waals surface area contributed by atoms with Gasteiger partial charge in [-0.3, -0.25) is 9.59 Å². The number of nitrogens with one attached hydrogen (secondary N) is 1. The van der Waals surface area contributed by atoms with Crippen molar-refractivity contribution in [3.8, 4) is 0 Å². The number of hydrogen-bond donors (Lipinski definition) is 1. The Bertz CT molecular complexity index is 590. The molecule has 5 heteroatoms. The summed E-state index contributed by atoms with van der Waals surface area (Å²) in [6, 6.07) is 2.06. The van der Waals surface area contributed by atoms with E-state index >= 15 is 0 Å². The summed E-state index contributed by atoms with van der Waals surface area (Å²) >= 11 is 1.65. The van der Waals surface area contributed by atoms with E-state index in [1.807, 2.05) is 4.90 Å². The summed E-state index contributed by atoms with van der Waals surface area (Å²) in [6.07, 6.45) is 8.24. The number of piperidine rings is 1. The average molecular weight is 349 g/mol. The van der Waals surface area contributed by atoms with Gasteiger partial charge in [0, 0.05) is 30.4 Å². The maximum absolute atomic E-state index is 12.7. The van der Waals surface area contributed by atoms with Gasteiger partial charge in [-0.05, 0) is 56.6 Å². The van der Waals surface area contributed by atoms with E-state index in [-0.39, 0.29) is 17.7 Å². The lowest BCUT2D eigenvalue weighted by Gasteiger charge is -2.26. The normalized spacial score (nSPS) is 20.5. The van der Waals surface area contributed by atoms with E-state index < -0.39 is 0 Å². The number of unbranched alkanes of at least 4 members (excludes halogenated alkanes) is 1. The van der Waals surface area contributed by atoms with Crippen LogP contribution in [0.4, 0.5) is 0 Å². The minimum atomic E-state index is 0.0712. The van der Waals surface area contributed by atoms with Crippen LogP contribution in [0.1, 0.15) is 65.6 Å². The highest BCUT2D eigenvalue weighted by Gasteiger charge is 2.28. The summed E-state index contributed by atoms with van der Waals surface area (Å²) in [5, 5.41) is 3.05. The molecule has 24 heavy (non-hydrogen) atoms. The minimum Gasteiger partial charge on any atom is -0.356 e. The number of carbonyl (C=O) groups is 2.